The molecule has 0 bridgehead atoms. The zero-order valence-electron chi connectivity index (χ0n) is 6.62. The van der Waals surface area contributed by atoms with Crippen LogP contribution in [0, 0.1) is 6.92 Å². The zero-order chi connectivity index (χ0) is 8.43. The molecular formula is C9H10BrCl. The van der Waals surface area contributed by atoms with E-state index in [0.717, 1.165) is 15.9 Å². The maximum Gasteiger partial charge on any atom is 0.0451 e. The van der Waals surface area contributed by atoms with E-state index in [9.17, 15) is 0 Å². The summed E-state index contributed by atoms with van der Waals surface area (Å²) in [6.45, 7) is 4.19. The van der Waals surface area contributed by atoms with Gasteiger partial charge in [-0.15, -0.1) is 0 Å². The highest BCUT2D eigenvalue weighted by atomic mass is 79.9. The lowest BCUT2D eigenvalue weighted by molar-refractivity contribution is 1.11. The van der Waals surface area contributed by atoms with Gasteiger partial charge >= 0.3 is 0 Å². The molecule has 0 saturated heterocycles. The molecule has 0 N–H and O–H groups in total. The number of hydrogen-bond donors (Lipinski definition) is 0. The smallest absolute Gasteiger partial charge is 0.0451 e. The molecule has 1 rings (SSSR count). The lowest BCUT2D eigenvalue weighted by Gasteiger charge is -2.05. The van der Waals surface area contributed by atoms with Gasteiger partial charge in [-0.2, -0.15) is 0 Å². The van der Waals surface area contributed by atoms with E-state index in [-0.39, 0.29) is 0 Å². The van der Waals surface area contributed by atoms with Crippen LogP contribution in [0.4, 0.5) is 0 Å². The van der Waals surface area contributed by atoms with Crippen LogP contribution in [0.1, 0.15) is 18.1 Å². The maximum absolute atomic E-state index is 6.00. The van der Waals surface area contributed by atoms with Crippen LogP contribution in [-0.2, 0) is 6.42 Å². The third-order valence-corrected chi connectivity index (χ3v) is 2.53. The topological polar surface area (TPSA) is 0 Å². The van der Waals surface area contributed by atoms with E-state index in [2.05, 4.69) is 35.8 Å². The Morgan fingerprint density at radius 1 is 1.45 bits per heavy atom. The molecule has 0 aromatic heterocycles. The first kappa shape index (κ1) is 9.08. The predicted molar refractivity (Wildman–Crippen MR) is 53.3 cm³/mol. The zero-order valence-corrected chi connectivity index (χ0v) is 8.96. The van der Waals surface area contributed by atoms with Crippen molar-refractivity contribution in [1.29, 1.82) is 0 Å². The van der Waals surface area contributed by atoms with E-state index < -0.39 is 0 Å². The van der Waals surface area contributed by atoms with E-state index >= 15 is 0 Å². The summed E-state index contributed by atoms with van der Waals surface area (Å²) in [4.78, 5) is 0. The summed E-state index contributed by atoms with van der Waals surface area (Å²) >= 11 is 9.40. The van der Waals surface area contributed by atoms with Crippen LogP contribution in [0.3, 0.4) is 0 Å². The number of aryl methyl sites for hydroxylation is 1. The summed E-state index contributed by atoms with van der Waals surface area (Å²) in [6.07, 6.45) is 0.998. The van der Waals surface area contributed by atoms with Crippen LogP contribution in [-0.4, -0.2) is 0 Å². The monoisotopic (exact) mass is 232 g/mol. The van der Waals surface area contributed by atoms with E-state index in [1.165, 1.54) is 11.1 Å². The molecular weight excluding hydrogens is 223 g/mol. The second-order valence-electron chi connectivity index (χ2n) is 2.54. The van der Waals surface area contributed by atoms with E-state index in [0.29, 0.717) is 0 Å². The Hall–Kier alpha value is -0.0100. The van der Waals surface area contributed by atoms with Crippen LogP contribution in [0.25, 0.3) is 0 Å². The Bertz CT molecular complexity index is 245. The van der Waals surface area contributed by atoms with Crippen LogP contribution in [0.5, 0.6) is 0 Å². The molecule has 0 nitrogen and oxygen atoms in total. The van der Waals surface area contributed by atoms with Gasteiger partial charge in [0, 0.05) is 9.50 Å². The molecule has 0 atom stereocenters. The van der Waals surface area contributed by atoms with Crippen molar-refractivity contribution in [3.63, 3.8) is 0 Å². The molecule has 0 aliphatic heterocycles. The fourth-order valence-electron chi connectivity index (χ4n) is 1.18. The average molecular weight is 234 g/mol. The van der Waals surface area contributed by atoms with Crippen molar-refractivity contribution in [3.8, 4) is 0 Å². The van der Waals surface area contributed by atoms with Gasteiger partial charge in [-0.25, -0.2) is 0 Å². The van der Waals surface area contributed by atoms with Gasteiger partial charge in [-0.3, -0.25) is 0 Å². The maximum atomic E-state index is 6.00. The first-order chi connectivity index (χ1) is 5.15. The highest BCUT2D eigenvalue weighted by molar-refractivity contribution is 9.10. The summed E-state index contributed by atoms with van der Waals surface area (Å²) in [5.41, 5.74) is 2.50. The molecule has 1 aromatic carbocycles. The molecule has 0 unspecified atom stereocenters. The quantitative estimate of drug-likeness (QED) is 0.688. The fourth-order valence-corrected chi connectivity index (χ4v) is 2.28. The van der Waals surface area contributed by atoms with Crippen molar-refractivity contribution >= 4 is 27.5 Å². The Kier molecular flexibility index (Phi) is 2.97. The molecule has 0 fully saturated rings. The van der Waals surface area contributed by atoms with Gasteiger partial charge < -0.3 is 0 Å². The van der Waals surface area contributed by atoms with Crippen LogP contribution in [0.2, 0.25) is 5.02 Å². The second-order valence-corrected chi connectivity index (χ2v) is 3.86. The molecule has 0 amide bonds. The van der Waals surface area contributed by atoms with E-state index in [1.54, 1.807) is 0 Å². The number of benzene rings is 1. The molecule has 0 aliphatic rings. The van der Waals surface area contributed by atoms with Crippen LogP contribution < -0.4 is 0 Å². The number of rotatable bonds is 1. The van der Waals surface area contributed by atoms with Gasteiger partial charge in [-0.05, 0) is 36.6 Å². The molecule has 0 heterocycles. The SMILES string of the molecule is CCc1c(C)cc(Br)cc1Cl. The van der Waals surface area contributed by atoms with Crippen molar-refractivity contribution < 1.29 is 0 Å². The molecule has 2 heteroatoms. The van der Waals surface area contributed by atoms with Crippen LogP contribution in [0.15, 0.2) is 16.6 Å². The lowest BCUT2D eigenvalue weighted by Crippen LogP contribution is -1.87. The Labute approximate surface area is 80.7 Å². The van der Waals surface area contributed by atoms with Crippen LogP contribution >= 0.6 is 27.5 Å². The highest BCUT2D eigenvalue weighted by Gasteiger charge is 2.02. The minimum Gasteiger partial charge on any atom is -0.0840 e. The Morgan fingerprint density at radius 3 is 2.55 bits per heavy atom. The normalized spacial score (nSPS) is 10.2. The van der Waals surface area contributed by atoms with Crippen molar-refractivity contribution in [2.24, 2.45) is 0 Å². The summed E-state index contributed by atoms with van der Waals surface area (Å²) < 4.78 is 1.05. The summed E-state index contributed by atoms with van der Waals surface area (Å²) in [7, 11) is 0. The number of hydrogen-bond acceptors (Lipinski definition) is 0. The summed E-state index contributed by atoms with van der Waals surface area (Å²) in [5.74, 6) is 0. The molecule has 0 spiro atoms. The molecule has 0 radical (unpaired) electrons. The van der Waals surface area contributed by atoms with Gasteiger partial charge in [0.2, 0.25) is 0 Å². The van der Waals surface area contributed by atoms with E-state index in [4.69, 9.17) is 11.6 Å². The highest BCUT2D eigenvalue weighted by Crippen LogP contribution is 2.25. The van der Waals surface area contributed by atoms with E-state index in [1.807, 2.05) is 6.07 Å². The summed E-state index contributed by atoms with van der Waals surface area (Å²) in [6, 6.07) is 4.03. The Balaban J connectivity index is 3.25. The Morgan fingerprint density at radius 2 is 2.09 bits per heavy atom. The largest absolute Gasteiger partial charge is 0.0840 e. The third-order valence-electron chi connectivity index (χ3n) is 1.74. The van der Waals surface area contributed by atoms with Gasteiger partial charge in [-0.1, -0.05) is 34.5 Å². The molecule has 0 saturated carbocycles. The molecule has 1 aromatic rings. The van der Waals surface area contributed by atoms with Gasteiger partial charge in [0.1, 0.15) is 0 Å². The first-order valence-corrected chi connectivity index (χ1v) is 4.76. The summed E-state index contributed by atoms with van der Waals surface area (Å²) in [5, 5.41) is 0.861. The first-order valence-electron chi connectivity index (χ1n) is 3.59. The number of halogens is 2. The van der Waals surface area contributed by atoms with Crippen molar-refractivity contribution in [3.05, 3.63) is 32.8 Å². The standard InChI is InChI=1S/C9H10BrCl/c1-3-8-6(2)4-7(10)5-9(8)11/h4-5H,3H2,1-2H3. The van der Waals surface area contributed by atoms with Gasteiger partial charge in [0.05, 0.1) is 0 Å². The fraction of sp³-hybridized carbons (Fsp3) is 0.333. The van der Waals surface area contributed by atoms with Crippen molar-refractivity contribution in [1.82, 2.24) is 0 Å². The van der Waals surface area contributed by atoms with Crippen molar-refractivity contribution in [2.45, 2.75) is 20.3 Å². The molecule has 60 valence electrons. The third kappa shape index (κ3) is 1.97. The minimum absolute atomic E-state index is 0.861. The van der Waals surface area contributed by atoms with Gasteiger partial charge in [0.15, 0.2) is 0 Å². The second kappa shape index (κ2) is 3.59. The average Bonchev–Trinajstić information content (AvgIpc) is 1.85. The lowest BCUT2D eigenvalue weighted by atomic mass is 10.1. The molecule has 0 aliphatic carbocycles. The molecule has 11 heavy (non-hydrogen) atoms. The van der Waals surface area contributed by atoms with Gasteiger partial charge in [0.25, 0.3) is 0 Å². The van der Waals surface area contributed by atoms with Crippen molar-refractivity contribution in [2.75, 3.05) is 0 Å². The minimum atomic E-state index is 0.861. The predicted octanol–water partition coefficient (Wildman–Crippen LogP) is 3.97.